The molecule has 1 heterocycles. The number of rotatable bonds is 2. The summed E-state index contributed by atoms with van der Waals surface area (Å²) in [6.07, 6.45) is -4.24. The fourth-order valence-corrected chi connectivity index (χ4v) is 2.17. The van der Waals surface area contributed by atoms with Crippen LogP contribution >= 0.6 is 0 Å². The second-order valence-electron chi connectivity index (χ2n) is 4.66. The first-order chi connectivity index (χ1) is 9.37. The van der Waals surface area contributed by atoms with E-state index in [2.05, 4.69) is 0 Å². The molecule has 0 unspecified atom stereocenters. The van der Waals surface area contributed by atoms with E-state index in [-0.39, 0.29) is 31.7 Å². The molecule has 0 N–H and O–H groups in total. The van der Waals surface area contributed by atoms with E-state index in [9.17, 15) is 22.4 Å². The maximum Gasteiger partial charge on any atom is 0.401 e. The maximum atomic E-state index is 13.5. The SMILES string of the molecule is O=C(c1ccccc1F)N1CCN(CC(F)(F)F)CC1. The maximum absolute atomic E-state index is 13.5. The van der Waals surface area contributed by atoms with Crippen LogP contribution in [0.25, 0.3) is 0 Å². The van der Waals surface area contributed by atoms with Gasteiger partial charge in [0, 0.05) is 26.2 Å². The van der Waals surface area contributed by atoms with Gasteiger partial charge in [-0.2, -0.15) is 13.2 Å². The van der Waals surface area contributed by atoms with Gasteiger partial charge in [0.1, 0.15) is 5.82 Å². The predicted octanol–water partition coefficient (Wildman–Crippen LogP) is 2.15. The van der Waals surface area contributed by atoms with E-state index in [0.717, 1.165) is 0 Å². The lowest BCUT2D eigenvalue weighted by Gasteiger charge is -2.35. The second-order valence-corrected chi connectivity index (χ2v) is 4.66. The zero-order chi connectivity index (χ0) is 14.8. The average Bonchev–Trinajstić information content (AvgIpc) is 2.37. The van der Waals surface area contributed by atoms with E-state index < -0.39 is 24.4 Å². The first-order valence-electron chi connectivity index (χ1n) is 6.20. The van der Waals surface area contributed by atoms with E-state index >= 15 is 0 Å². The Labute approximate surface area is 113 Å². The molecule has 0 aromatic heterocycles. The molecule has 0 bridgehead atoms. The molecule has 1 fully saturated rings. The van der Waals surface area contributed by atoms with Gasteiger partial charge < -0.3 is 4.90 Å². The van der Waals surface area contributed by atoms with Crippen molar-refractivity contribution in [3.63, 3.8) is 0 Å². The number of hydrogen-bond acceptors (Lipinski definition) is 2. The predicted molar refractivity (Wildman–Crippen MR) is 64.8 cm³/mol. The van der Waals surface area contributed by atoms with Crippen molar-refractivity contribution in [1.82, 2.24) is 9.80 Å². The van der Waals surface area contributed by atoms with Crippen LogP contribution in [0.4, 0.5) is 17.6 Å². The van der Waals surface area contributed by atoms with E-state index in [0.29, 0.717) is 0 Å². The molecule has 1 aromatic rings. The Balaban J connectivity index is 1.94. The molecule has 0 aliphatic carbocycles. The highest BCUT2D eigenvalue weighted by atomic mass is 19.4. The molecule has 2 rings (SSSR count). The van der Waals surface area contributed by atoms with Crippen LogP contribution in [0.5, 0.6) is 0 Å². The van der Waals surface area contributed by atoms with Crippen LogP contribution in [0.2, 0.25) is 0 Å². The molecular formula is C13H14F4N2O. The Kier molecular flexibility index (Phi) is 4.27. The summed E-state index contributed by atoms with van der Waals surface area (Å²) in [5.41, 5.74) is -0.0447. The monoisotopic (exact) mass is 290 g/mol. The second kappa shape index (κ2) is 5.78. The zero-order valence-electron chi connectivity index (χ0n) is 10.7. The quantitative estimate of drug-likeness (QED) is 0.779. The molecule has 0 saturated carbocycles. The number of carbonyl (C=O) groups is 1. The molecule has 1 aliphatic rings. The molecule has 1 aromatic carbocycles. The molecule has 3 nitrogen and oxygen atoms in total. The van der Waals surface area contributed by atoms with Crippen LogP contribution < -0.4 is 0 Å². The van der Waals surface area contributed by atoms with Gasteiger partial charge in [-0.25, -0.2) is 4.39 Å². The van der Waals surface area contributed by atoms with Crippen molar-refractivity contribution in [2.75, 3.05) is 32.7 Å². The Morgan fingerprint density at radius 2 is 1.70 bits per heavy atom. The number of piperazine rings is 1. The molecule has 1 amide bonds. The highest BCUT2D eigenvalue weighted by Crippen LogP contribution is 2.18. The van der Waals surface area contributed by atoms with Crippen LogP contribution in [0, 0.1) is 5.82 Å². The zero-order valence-corrected chi connectivity index (χ0v) is 10.7. The summed E-state index contributed by atoms with van der Waals surface area (Å²) in [7, 11) is 0. The summed E-state index contributed by atoms with van der Waals surface area (Å²) in [4.78, 5) is 14.7. The minimum absolute atomic E-state index is 0.0447. The third-order valence-corrected chi connectivity index (χ3v) is 3.17. The standard InChI is InChI=1S/C13H14F4N2O/c14-11-4-2-1-3-10(11)12(20)19-7-5-18(6-8-19)9-13(15,16)17/h1-4H,5-9H2. The van der Waals surface area contributed by atoms with Crippen LogP contribution in [-0.4, -0.2) is 54.6 Å². The number of carbonyl (C=O) groups excluding carboxylic acids is 1. The van der Waals surface area contributed by atoms with Gasteiger partial charge in [-0.3, -0.25) is 9.69 Å². The molecule has 1 saturated heterocycles. The molecule has 0 spiro atoms. The van der Waals surface area contributed by atoms with E-state index in [1.807, 2.05) is 0 Å². The fraction of sp³-hybridized carbons (Fsp3) is 0.462. The lowest BCUT2D eigenvalue weighted by atomic mass is 10.1. The molecular weight excluding hydrogens is 276 g/mol. The molecule has 110 valence electrons. The summed E-state index contributed by atoms with van der Waals surface area (Å²) in [6, 6.07) is 5.59. The van der Waals surface area contributed by atoms with Gasteiger partial charge in [0.2, 0.25) is 0 Å². The van der Waals surface area contributed by atoms with Gasteiger partial charge in [0.05, 0.1) is 12.1 Å². The van der Waals surface area contributed by atoms with E-state index in [1.165, 1.54) is 28.0 Å². The average molecular weight is 290 g/mol. The minimum atomic E-state index is -4.24. The molecule has 0 radical (unpaired) electrons. The van der Waals surface area contributed by atoms with Gasteiger partial charge in [-0.1, -0.05) is 12.1 Å². The van der Waals surface area contributed by atoms with Crippen molar-refractivity contribution in [3.05, 3.63) is 35.6 Å². The number of benzene rings is 1. The summed E-state index contributed by atoms with van der Waals surface area (Å²) in [5, 5.41) is 0. The summed E-state index contributed by atoms with van der Waals surface area (Å²) < 4.78 is 50.2. The topological polar surface area (TPSA) is 23.6 Å². The molecule has 1 aliphatic heterocycles. The smallest absolute Gasteiger partial charge is 0.336 e. The van der Waals surface area contributed by atoms with Gasteiger partial charge >= 0.3 is 6.18 Å². The van der Waals surface area contributed by atoms with Crippen molar-refractivity contribution in [1.29, 1.82) is 0 Å². The third-order valence-electron chi connectivity index (χ3n) is 3.17. The van der Waals surface area contributed by atoms with Crippen molar-refractivity contribution >= 4 is 5.91 Å². The number of halogens is 4. The highest BCUT2D eigenvalue weighted by Gasteiger charge is 2.33. The van der Waals surface area contributed by atoms with Gasteiger partial charge in [-0.15, -0.1) is 0 Å². The van der Waals surface area contributed by atoms with Gasteiger partial charge in [0.15, 0.2) is 0 Å². The lowest BCUT2D eigenvalue weighted by Crippen LogP contribution is -2.51. The van der Waals surface area contributed by atoms with Crippen molar-refractivity contribution in [2.45, 2.75) is 6.18 Å². The lowest BCUT2D eigenvalue weighted by molar-refractivity contribution is -0.148. The van der Waals surface area contributed by atoms with Crippen molar-refractivity contribution < 1.29 is 22.4 Å². The fourth-order valence-electron chi connectivity index (χ4n) is 2.17. The number of amides is 1. The van der Waals surface area contributed by atoms with Crippen LogP contribution in [0.1, 0.15) is 10.4 Å². The first kappa shape index (κ1) is 14.8. The molecule has 0 atom stereocenters. The normalized spacial score (nSPS) is 17.3. The van der Waals surface area contributed by atoms with Crippen LogP contribution in [0.15, 0.2) is 24.3 Å². The minimum Gasteiger partial charge on any atom is -0.336 e. The largest absolute Gasteiger partial charge is 0.401 e. The van der Waals surface area contributed by atoms with E-state index in [4.69, 9.17) is 0 Å². The summed E-state index contributed by atoms with van der Waals surface area (Å²) in [5.74, 6) is -1.09. The van der Waals surface area contributed by atoms with Gasteiger partial charge in [-0.05, 0) is 12.1 Å². The van der Waals surface area contributed by atoms with Crippen molar-refractivity contribution in [2.24, 2.45) is 0 Å². The Bertz CT molecular complexity index is 482. The van der Waals surface area contributed by atoms with Crippen LogP contribution in [-0.2, 0) is 0 Å². The third kappa shape index (κ3) is 3.69. The Morgan fingerprint density at radius 3 is 2.25 bits per heavy atom. The number of hydrogen-bond donors (Lipinski definition) is 0. The van der Waals surface area contributed by atoms with Crippen LogP contribution in [0.3, 0.4) is 0 Å². The van der Waals surface area contributed by atoms with E-state index in [1.54, 1.807) is 6.07 Å². The summed E-state index contributed by atoms with van der Waals surface area (Å²) in [6.45, 7) is -0.360. The molecule has 7 heteroatoms. The number of alkyl halides is 3. The van der Waals surface area contributed by atoms with Crippen molar-refractivity contribution in [3.8, 4) is 0 Å². The van der Waals surface area contributed by atoms with Gasteiger partial charge in [0.25, 0.3) is 5.91 Å². The Hall–Kier alpha value is -1.63. The summed E-state index contributed by atoms with van der Waals surface area (Å²) >= 11 is 0. The first-order valence-corrected chi connectivity index (χ1v) is 6.20. The highest BCUT2D eigenvalue weighted by molar-refractivity contribution is 5.94. The molecule has 20 heavy (non-hydrogen) atoms. The number of nitrogens with zero attached hydrogens (tertiary/aromatic N) is 2. The Morgan fingerprint density at radius 1 is 1.10 bits per heavy atom.